The molecule has 0 heterocycles. The second kappa shape index (κ2) is 16.4. The van der Waals surface area contributed by atoms with Crippen molar-refractivity contribution in [2.75, 3.05) is 6.61 Å². The summed E-state index contributed by atoms with van der Waals surface area (Å²) in [6.45, 7) is 2.57. The number of hydrogen-bond donors (Lipinski definition) is 1. The molecule has 0 radical (unpaired) electrons. The van der Waals surface area contributed by atoms with Gasteiger partial charge >= 0.3 is 0 Å². The van der Waals surface area contributed by atoms with Crippen LogP contribution in [0.3, 0.4) is 0 Å². The molecule has 0 unspecified atom stereocenters. The average Bonchev–Trinajstić information content (AvgIpc) is 2.39. The minimum absolute atomic E-state index is 0.298. The maximum absolute atomic E-state index is 8.61. The first-order valence-electron chi connectivity index (χ1n) is 7.84. The van der Waals surface area contributed by atoms with Crippen molar-refractivity contribution in [2.45, 2.75) is 77.6 Å². The Labute approximate surface area is 114 Å². The summed E-state index contributed by atoms with van der Waals surface area (Å²) in [5.41, 5.74) is 0. The fraction of sp³-hybridized carbons (Fsp3) is 0.765. The van der Waals surface area contributed by atoms with Crippen LogP contribution in [-0.4, -0.2) is 11.7 Å². The summed E-state index contributed by atoms with van der Waals surface area (Å²) in [5, 5.41) is 8.61. The SMILES string of the molecule is CCCCCCCCCC/C=C/C=C/CCCO. The fourth-order valence-electron chi connectivity index (χ4n) is 1.95. The van der Waals surface area contributed by atoms with Gasteiger partial charge in [0.25, 0.3) is 0 Å². The molecule has 0 aliphatic carbocycles. The Bertz CT molecular complexity index is 194. The highest BCUT2D eigenvalue weighted by atomic mass is 16.2. The Morgan fingerprint density at radius 1 is 0.667 bits per heavy atom. The molecule has 0 bridgehead atoms. The Morgan fingerprint density at radius 2 is 1.17 bits per heavy atom. The molecular formula is C17H32O. The van der Waals surface area contributed by atoms with Gasteiger partial charge in [-0.25, -0.2) is 0 Å². The number of hydrogen-bond acceptors (Lipinski definition) is 1. The van der Waals surface area contributed by atoms with E-state index in [0.29, 0.717) is 6.61 Å². The molecule has 0 amide bonds. The Kier molecular flexibility index (Phi) is 15.9. The molecule has 0 spiro atoms. The van der Waals surface area contributed by atoms with Gasteiger partial charge in [-0.1, -0.05) is 76.2 Å². The van der Waals surface area contributed by atoms with Gasteiger partial charge in [0.15, 0.2) is 0 Å². The molecular weight excluding hydrogens is 220 g/mol. The molecule has 1 heteroatoms. The summed E-state index contributed by atoms with van der Waals surface area (Å²) < 4.78 is 0. The lowest BCUT2D eigenvalue weighted by Gasteiger charge is -1.99. The van der Waals surface area contributed by atoms with Crippen molar-refractivity contribution in [2.24, 2.45) is 0 Å². The third-order valence-electron chi connectivity index (χ3n) is 3.14. The van der Waals surface area contributed by atoms with Crippen LogP contribution in [0.25, 0.3) is 0 Å². The van der Waals surface area contributed by atoms with Gasteiger partial charge in [0.05, 0.1) is 0 Å². The summed E-state index contributed by atoms with van der Waals surface area (Å²) >= 11 is 0. The van der Waals surface area contributed by atoms with Crippen molar-refractivity contribution in [3.8, 4) is 0 Å². The molecule has 0 rings (SSSR count). The largest absolute Gasteiger partial charge is 0.396 e. The first kappa shape index (κ1) is 17.4. The molecule has 0 aliphatic heterocycles. The number of rotatable bonds is 13. The molecule has 0 saturated heterocycles. The number of allylic oxidation sites excluding steroid dienone is 4. The van der Waals surface area contributed by atoms with Crippen LogP contribution in [0.15, 0.2) is 24.3 Å². The van der Waals surface area contributed by atoms with Crippen molar-refractivity contribution < 1.29 is 5.11 Å². The summed E-state index contributed by atoms with van der Waals surface area (Å²) in [6, 6.07) is 0. The molecule has 0 aliphatic rings. The molecule has 0 aromatic carbocycles. The molecule has 1 nitrogen and oxygen atoms in total. The third-order valence-corrected chi connectivity index (χ3v) is 3.14. The highest BCUT2D eigenvalue weighted by Gasteiger charge is 1.89. The van der Waals surface area contributed by atoms with Crippen molar-refractivity contribution in [1.29, 1.82) is 0 Å². The van der Waals surface area contributed by atoms with Crippen molar-refractivity contribution in [3.05, 3.63) is 24.3 Å². The number of aliphatic hydroxyl groups is 1. The van der Waals surface area contributed by atoms with Crippen LogP contribution >= 0.6 is 0 Å². The zero-order valence-electron chi connectivity index (χ0n) is 12.2. The van der Waals surface area contributed by atoms with Crippen LogP contribution in [0.5, 0.6) is 0 Å². The topological polar surface area (TPSA) is 20.2 Å². The van der Waals surface area contributed by atoms with Gasteiger partial charge in [-0.05, 0) is 25.7 Å². The Morgan fingerprint density at radius 3 is 1.72 bits per heavy atom. The van der Waals surface area contributed by atoms with Crippen molar-refractivity contribution in [3.63, 3.8) is 0 Å². The average molecular weight is 252 g/mol. The zero-order valence-corrected chi connectivity index (χ0v) is 12.2. The molecule has 0 fully saturated rings. The fourth-order valence-corrected chi connectivity index (χ4v) is 1.95. The van der Waals surface area contributed by atoms with Gasteiger partial charge in [0.2, 0.25) is 0 Å². The lowest BCUT2D eigenvalue weighted by Crippen LogP contribution is -1.79. The van der Waals surface area contributed by atoms with E-state index in [9.17, 15) is 0 Å². The minimum atomic E-state index is 0.298. The Balaban J connectivity index is 3.10. The monoisotopic (exact) mass is 252 g/mol. The second-order valence-electron chi connectivity index (χ2n) is 4.99. The van der Waals surface area contributed by atoms with E-state index < -0.39 is 0 Å². The van der Waals surface area contributed by atoms with E-state index in [2.05, 4.69) is 31.2 Å². The summed E-state index contributed by atoms with van der Waals surface area (Å²) in [7, 11) is 0. The first-order valence-corrected chi connectivity index (χ1v) is 7.84. The molecule has 0 saturated carbocycles. The Hall–Kier alpha value is -0.560. The van der Waals surface area contributed by atoms with Crippen LogP contribution in [0.1, 0.15) is 77.6 Å². The van der Waals surface area contributed by atoms with Crippen LogP contribution in [0, 0.1) is 0 Å². The molecule has 0 aromatic rings. The summed E-state index contributed by atoms with van der Waals surface area (Å²) in [4.78, 5) is 0. The molecule has 1 N–H and O–H groups in total. The predicted molar refractivity (Wildman–Crippen MR) is 81.8 cm³/mol. The maximum Gasteiger partial charge on any atom is 0.0433 e. The van der Waals surface area contributed by atoms with E-state index in [-0.39, 0.29) is 0 Å². The lowest BCUT2D eigenvalue weighted by atomic mass is 10.1. The highest BCUT2D eigenvalue weighted by Crippen LogP contribution is 2.09. The zero-order chi connectivity index (χ0) is 13.3. The molecule has 0 aromatic heterocycles. The van der Waals surface area contributed by atoms with Gasteiger partial charge in [-0.15, -0.1) is 0 Å². The normalized spacial score (nSPS) is 11.9. The van der Waals surface area contributed by atoms with E-state index in [4.69, 9.17) is 5.11 Å². The summed E-state index contributed by atoms with van der Waals surface area (Å²) in [5.74, 6) is 0. The van der Waals surface area contributed by atoms with Crippen LogP contribution in [0.4, 0.5) is 0 Å². The van der Waals surface area contributed by atoms with Gasteiger partial charge in [0.1, 0.15) is 0 Å². The van der Waals surface area contributed by atoms with Gasteiger partial charge in [-0.2, -0.15) is 0 Å². The summed E-state index contributed by atoms with van der Waals surface area (Å²) in [6.07, 6.45) is 22.8. The van der Waals surface area contributed by atoms with Gasteiger partial charge in [-0.3, -0.25) is 0 Å². The van der Waals surface area contributed by atoms with Crippen LogP contribution in [-0.2, 0) is 0 Å². The quantitative estimate of drug-likeness (QED) is 0.343. The van der Waals surface area contributed by atoms with Gasteiger partial charge < -0.3 is 5.11 Å². The molecule has 0 atom stereocenters. The molecule has 106 valence electrons. The van der Waals surface area contributed by atoms with E-state index in [0.717, 1.165) is 12.8 Å². The van der Waals surface area contributed by atoms with Crippen molar-refractivity contribution in [1.82, 2.24) is 0 Å². The minimum Gasteiger partial charge on any atom is -0.396 e. The van der Waals surface area contributed by atoms with Crippen LogP contribution < -0.4 is 0 Å². The third kappa shape index (κ3) is 15.4. The second-order valence-corrected chi connectivity index (χ2v) is 4.99. The van der Waals surface area contributed by atoms with E-state index in [1.165, 1.54) is 57.8 Å². The van der Waals surface area contributed by atoms with E-state index >= 15 is 0 Å². The standard InChI is InChI=1S/C17H32O/c1-2-3-4-5-6-7-8-9-10-11-12-13-14-15-16-17-18/h11-14,18H,2-10,15-17H2,1H3/b12-11+,14-13+. The highest BCUT2D eigenvalue weighted by molar-refractivity contribution is 5.02. The van der Waals surface area contributed by atoms with Crippen molar-refractivity contribution >= 4 is 0 Å². The lowest BCUT2D eigenvalue weighted by molar-refractivity contribution is 0.289. The smallest absolute Gasteiger partial charge is 0.0433 e. The predicted octanol–water partition coefficient (Wildman–Crippen LogP) is 5.40. The van der Waals surface area contributed by atoms with Gasteiger partial charge in [0, 0.05) is 6.61 Å². The number of aliphatic hydroxyl groups excluding tert-OH is 1. The number of unbranched alkanes of at least 4 members (excludes halogenated alkanes) is 9. The maximum atomic E-state index is 8.61. The molecule has 18 heavy (non-hydrogen) atoms. The van der Waals surface area contributed by atoms with Crippen LogP contribution in [0.2, 0.25) is 0 Å². The van der Waals surface area contributed by atoms with E-state index in [1.54, 1.807) is 0 Å². The first-order chi connectivity index (χ1) is 8.91. The van der Waals surface area contributed by atoms with E-state index in [1.807, 2.05) is 0 Å².